The summed E-state index contributed by atoms with van der Waals surface area (Å²) in [5.41, 5.74) is 0.536. The molecule has 0 atom stereocenters. The van der Waals surface area contributed by atoms with E-state index in [0.717, 1.165) is 0 Å². The highest BCUT2D eigenvalue weighted by Gasteiger charge is 2.18. The van der Waals surface area contributed by atoms with E-state index in [1.807, 2.05) is 6.07 Å². The fourth-order valence-corrected chi connectivity index (χ4v) is 1.20. The Bertz CT molecular complexity index is 411. The largest absolute Gasteiger partial charge is 0.284 e. The van der Waals surface area contributed by atoms with Gasteiger partial charge in [-0.15, -0.1) is 0 Å². The predicted molar refractivity (Wildman–Crippen MR) is 46.8 cm³/mol. The molecule has 1 aromatic carbocycles. The van der Waals surface area contributed by atoms with Crippen LogP contribution in [0.15, 0.2) is 30.3 Å². The standard InChI is InChI=1S/C9H7F2N3/c10-9(11)8-7(12-14-13-8)6-4-2-1-3-5-6/h1-5,9H,(H,12,13,14). The van der Waals surface area contributed by atoms with Crippen molar-refractivity contribution >= 4 is 0 Å². The maximum atomic E-state index is 12.4. The first kappa shape index (κ1) is 8.80. The van der Waals surface area contributed by atoms with Crippen LogP contribution in [0.25, 0.3) is 11.3 Å². The van der Waals surface area contributed by atoms with Crippen molar-refractivity contribution in [3.8, 4) is 11.3 Å². The number of aromatic nitrogens is 3. The lowest BCUT2D eigenvalue weighted by atomic mass is 10.1. The van der Waals surface area contributed by atoms with E-state index in [4.69, 9.17) is 0 Å². The van der Waals surface area contributed by atoms with Crippen LogP contribution in [-0.2, 0) is 0 Å². The third kappa shape index (κ3) is 1.48. The van der Waals surface area contributed by atoms with Gasteiger partial charge in [0.1, 0.15) is 5.69 Å². The number of rotatable bonds is 2. The molecule has 0 amide bonds. The van der Waals surface area contributed by atoms with Crippen molar-refractivity contribution in [3.05, 3.63) is 36.0 Å². The summed E-state index contributed by atoms with van der Waals surface area (Å²) in [5.74, 6) is 0. The number of alkyl halides is 2. The quantitative estimate of drug-likeness (QED) is 0.799. The van der Waals surface area contributed by atoms with Gasteiger partial charge in [0, 0.05) is 5.56 Å². The molecule has 5 heteroatoms. The Labute approximate surface area is 78.8 Å². The lowest BCUT2D eigenvalue weighted by molar-refractivity contribution is 0.146. The number of halogens is 2. The number of aromatic amines is 1. The molecule has 14 heavy (non-hydrogen) atoms. The summed E-state index contributed by atoms with van der Waals surface area (Å²) in [6, 6.07) is 8.76. The predicted octanol–water partition coefficient (Wildman–Crippen LogP) is 2.41. The monoisotopic (exact) mass is 195 g/mol. The minimum Gasteiger partial charge on any atom is -0.203 e. The van der Waals surface area contributed by atoms with Gasteiger partial charge in [-0.1, -0.05) is 30.3 Å². The van der Waals surface area contributed by atoms with E-state index in [0.29, 0.717) is 5.56 Å². The van der Waals surface area contributed by atoms with E-state index < -0.39 is 6.43 Å². The minimum absolute atomic E-state index is 0.209. The molecule has 3 nitrogen and oxygen atoms in total. The summed E-state index contributed by atoms with van der Waals surface area (Å²) in [6.07, 6.45) is -2.61. The van der Waals surface area contributed by atoms with Crippen molar-refractivity contribution in [2.75, 3.05) is 0 Å². The molecule has 2 aromatic rings. The molecule has 1 N–H and O–H groups in total. The van der Waals surface area contributed by atoms with Crippen LogP contribution in [-0.4, -0.2) is 15.4 Å². The summed E-state index contributed by atoms with van der Waals surface area (Å²) in [7, 11) is 0. The normalized spacial score (nSPS) is 10.8. The zero-order chi connectivity index (χ0) is 9.97. The Kier molecular flexibility index (Phi) is 2.22. The first-order chi connectivity index (χ1) is 6.79. The van der Waals surface area contributed by atoms with E-state index in [1.54, 1.807) is 24.3 Å². The summed E-state index contributed by atoms with van der Waals surface area (Å²) >= 11 is 0. The van der Waals surface area contributed by atoms with Crippen molar-refractivity contribution in [1.29, 1.82) is 0 Å². The molecule has 0 saturated heterocycles. The maximum Gasteiger partial charge on any atom is 0.284 e. The molecule has 0 saturated carbocycles. The molecule has 72 valence electrons. The van der Waals surface area contributed by atoms with Crippen LogP contribution in [0.1, 0.15) is 12.1 Å². The molecule has 0 radical (unpaired) electrons. The van der Waals surface area contributed by atoms with Crippen molar-refractivity contribution in [3.63, 3.8) is 0 Å². The van der Waals surface area contributed by atoms with Crippen LogP contribution >= 0.6 is 0 Å². The third-order valence-electron chi connectivity index (χ3n) is 1.83. The Morgan fingerprint density at radius 3 is 2.43 bits per heavy atom. The topological polar surface area (TPSA) is 41.6 Å². The molecular weight excluding hydrogens is 188 g/mol. The van der Waals surface area contributed by atoms with Crippen LogP contribution in [0.4, 0.5) is 8.78 Å². The maximum absolute atomic E-state index is 12.4. The van der Waals surface area contributed by atoms with Crippen LogP contribution < -0.4 is 0 Å². The van der Waals surface area contributed by atoms with Gasteiger partial charge in [-0.3, -0.25) is 0 Å². The Morgan fingerprint density at radius 1 is 1.07 bits per heavy atom. The van der Waals surface area contributed by atoms with Crippen LogP contribution in [0.5, 0.6) is 0 Å². The molecule has 0 aliphatic heterocycles. The van der Waals surface area contributed by atoms with Crippen molar-refractivity contribution in [1.82, 2.24) is 15.4 Å². The fraction of sp³-hybridized carbons (Fsp3) is 0.111. The van der Waals surface area contributed by atoms with E-state index in [2.05, 4.69) is 15.4 Å². The molecule has 2 rings (SSSR count). The number of hydrogen-bond acceptors (Lipinski definition) is 2. The van der Waals surface area contributed by atoms with E-state index >= 15 is 0 Å². The summed E-state index contributed by atoms with van der Waals surface area (Å²) < 4.78 is 24.8. The van der Waals surface area contributed by atoms with Gasteiger partial charge in [-0.05, 0) is 0 Å². The Balaban J connectivity index is 2.47. The summed E-state index contributed by atoms with van der Waals surface area (Å²) in [6.45, 7) is 0. The molecular formula is C9H7F2N3. The molecule has 1 aromatic heterocycles. The molecule has 0 aliphatic rings. The highest BCUT2D eigenvalue weighted by Crippen LogP contribution is 2.26. The molecule has 0 spiro atoms. The number of H-pyrrole nitrogens is 1. The van der Waals surface area contributed by atoms with Crippen LogP contribution in [0.2, 0.25) is 0 Å². The average molecular weight is 195 g/mol. The zero-order valence-corrected chi connectivity index (χ0v) is 7.11. The lowest BCUT2D eigenvalue weighted by Gasteiger charge is -1.98. The molecule has 0 bridgehead atoms. The van der Waals surface area contributed by atoms with Crippen molar-refractivity contribution < 1.29 is 8.78 Å². The van der Waals surface area contributed by atoms with Crippen molar-refractivity contribution in [2.24, 2.45) is 0 Å². The summed E-state index contributed by atoms with van der Waals surface area (Å²) in [4.78, 5) is 0. The number of benzene rings is 1. The second-order valence-corrected chi connectivity index (χ2v) is 2.72. The van der Waals surface area contributed by atoms with Crippen molar-refractivity contribution in [2.45, 2.75) is 6.43 Å². The SMILES string of the molecule is FC(F)c1n[nH]nc1-c1ccccc1. The van der Waals surface area contributed by atoms with Crippen LogP contribution in [0, 0.1) is 0 Å². The van der Waals surface area contributed by atoms with E-state index in [9.17, 15) is 8.78 Å². The third-order valence-corrected chi connectivity index (χ3v) is 1.83. The Hall–Kier alpha value is -1.78. The average Bonchev–Trinajstić information content (AvgIpc) is 2.67. The molecule has 0 fully saturated rings. The fourth-order valence-electron chi connectivity index (χ4n) is 1.20. The number of nitrogens with zero attached hydrogens (tertiary/aromatic N) is 2. The lowest BCUT2D eigenvalue weighted by Crippen LogP contribution is -1.88. The van der Waals surface area contributed by atoms with Gasteiger partial charge in [0.15, 0.2) is 5.69 Å². The first-order valence-electron chi connectivity index (χ1n) is 4.03. The first-order valence-corrected chi connectivity index (χ1v) is 4.03. The number of hydrogen-bond donors (Lipinski definition) is 1. The summed E-state index contributed by atoms with van der Waals surface area (Å²) in [5, 5.41) is 9.30. The van der Waals surface area contributed by atoms with Gasteiger partial charge >= 0.3 is 0 Å². The smallest absolute Gasteiger partial charge is 0.203 e. The second kappa shape index (κ2) is 3.53. The van der Waals surface area contributed by atoms with Gasteiger partial charge in [0.25, 0.3) is 6.43 Å². The highest BCUT2D eigenvalue weighted by atomic mass is 19.3. The molecule has 1 heterocycles. The van der Waals surface area contributed by atoms with Crippen LogP contribution in [0.3, 0.4) is 0 Å². The number of nitrogens with one attached hydrogen (secondary N) is 1. The Morgan fingerprint density at radius 2 is 1.79 bits per heavy atom. The van der Waals surface area contributed by atoms with E-state index in [1.165, 1.54) is 0 Å². The van der Waals surface area contributed by atoms with Gasteiger partial charge in [0.05, 0.1) is 0 Å². The van der Waals surface area contributed by atoms with Gasteiger partial charge < -0.3 is 0 Å². The van der Waals surface area contributed by atoms with Gasteiger partial charge in [0.2, 0.25) is 0 Å². The molecule has 0 aliphatic carbocycles. The minimum atomic E-state index is -2.61. The molecule has 0 unspecified atom stereocenters. The van der Waals surface area contributed by atoms with Gasteiger partial charge in [-0.2, -0.15) is 15.4 Å². The highest BCUT2D eigenvalue weighted by molar-refractivity contribution is 5.60. The van der Waals surface area contributed by atoms with E-state index in [-0.39, 0.29) is 11.4 Å². The van der Waals surface area contributed by atoms with Gasteiger partial charge in [-0.25, -0.2) is 8.78 Å². The zero-order valence-electron chi connectivity index (χ0n) is 7.11. The second-order valence-electron chi connectivity index (χ2n) is 2.72.